The summed E-state index contributed by atoms with van der Waals surface area (Å²) in [5.74, 6) is 0.560. The van der Waals surface area contributed by atoms with Crippen molar-refractivity contribution in [3.05, 3.63) is 54.0 Å². The first-order chi connectivity index (χ1) is 11.9. The largest absolute Gasteiger partial charge is 0.489 e. The Labute approximate surface area is 147 Å². The fourth-order valence-corrected chi connectivity index (χ4v) is 2.54. The van der Waals surface area contributed by atoms with Crippen LogP contribution >= 0.6 is 0 Å². The summed E-state index contributed by atoms with van der Waals surface area (Å²) in [7, 11) is -1.70. The number of para-hydroxylation sites is 1. The molecule has 136 valence electrons. The minimum atomic E-state index is -3.20. The van der Waals surface area contributed by atoms with Gasteiger partial charge in [0.2, 0.25) is 10.0 Å². The highest BCUT2D eigenvalue weighted by atomic mass is 32.2. The van der Waals surface area contributed by atoms with Crippen LogP contribution in [0.2, 0.25) is 0 Å². The Morgan fingerprint density at radius 1 is 1.24 bits per heavy atom. The van der Waals surface area contributed by atoms with Gasteiger partial charge < -0.3 is 14.5 Å². The van der Waals surface area contributed by atoms with E-state index in [4.69, 9.17) is 9.15 Å². The number of furan rings is 1. The minimum absolute atomic E-state index is 0.201. The molecule has 0 atom stereocenters. The van der Waals surface area contributed by atoms with Crippen LogP contribution in [0.15, 0.2) is 47.1 Å². The van der Waals surface area contributed by atoms with Crippen molar-refractivity contribution in [1.82, 2.24) is 9.62 Å². The SMILES string of the molecule is CN(CCCNC(=O)c1occc1COc1ccccc1)S(C)(=O)=O. The number of carbonyl (C=O) groups excluding carboxylic acids is 1. The molecule has 1 aromatic carbocycles. The summed E-state index contributed by atoms with van der Waals surface area (Å²) in [4.78, 5) is 12.2. The number of hydrogen-bond donors (Lipinski definition) is 1. The van der Waals surface area contributed by atoms with Crippen LogP contribution < -0.4 is 10.1 Å². The van der Waals surface area contributed by atoms with E-state index < -0.39 is 10.0 Å². The third-order valence-corrected chi connectivity index (χ3v) is 4.91. The van der Waals surface area contributed by atoms with E-state index in [1.54, 1.807) is 6.07 Å². The average molecular weight is 366 g/mol. The topological polar surface area (TPSA) is 88.8 Å². The molecule has 1 aromatic heterocycles. The van der Waals surface area contributed by atoms with Crippen molar-refractivity contribution in [2.75, 3.05) is 26.4 Å². The zero-order valence-corrected chi connectivity index (χ0v) is 15.1. The highest BCUT2D eigenvalue weighted by Crippen LogP contribution is 2.15. The van der Waals surface area contributed by atoms with E-state index >= 15 is 0 Å². The molecule has 0 radical (unpaired) electrons. The fraction of sp³-hybridized carbons (Fsp3) is 0.353. The number of rotatable bonds is 9. The van der Waals surface area contributed by atoms with E-state index in [0.29, 0.717) is 30.8 Å². The second-order valence-electron chi connectivity index (χ2n) is 5.57. The van der Waals surface area contributed by atoms with Gasteiger partial charge in [0.1, 0.15) is 12.4 Å². The summed E-state index contributed by atoms with van der Waals surface area (Å²) in [5.41, 5.74) is 0.648. The lowest BCUT2D eigenvalue weighted by Crippen LogP contribution is -2.31. The predicted molar refractivity (Wildman–Crippen MR) is 93.9 cm³/mol. The molecule has 0 saturated heterocycles. The molecule has 0 aliphatic heterocycles. The fourth-order valence-electron chi connectivity index (χ4n) is 2.08. The van der Waals surface area contributed by atoms with Crippen molar-refractivity contribution in [3.63, 3.8) is 0 Å². The van der Waals surface area contributed by atoms with E-state index in [1.807, 2.05) is 30.3 Å². The Morgan fingerprint density at radius 3 is 2.64 bits per heavy atom. The lowest BCUT2D eigenvalue weighted by molar-refractivity contribution is 0.0921. The Hall–Kier alpha value is -2.32. The van der Waals surface area contributed by atoms with Crippen molar-refractivity contribution in [2.45, 2.75) is 13.0 Å². The second-order valence-corrected chi connectivity index (χ2v) is 7.66. The third kappa shape index (κ3) is 5.91. The monoisotopic (exact) mass is 366 g/mol. The van der Waals surface area contributed by atoms with Gasteiger partial charge in [0, 0.05) is 25.7 Å². The summed E-state index contributed by atoms with van der Waals surface area (Å²) in [6.45, 7) is 0.902. The number of carbonyl (C=O) groups is 1. The minimum Gasteiger partial charge on any atom is -0.489 e. The Bertz CT molecular complexity index is 786. The van der Waals surface area contributed by atoms with Gasteiger partial charge in [0.05, 0.1) is 12.5 Å². The molecule has 2 rings (SSSR count). The molecular weight excluding hydrogens is 344 g/mol. The number of sulfonamides is 1. The highest BCUT2D eigenvalue weighted by Gasteiger charge is 2.16. The summed E-state index contributed by atoms with van der Waals surface area (Å²) < 4.78 is 34.7. The van der Waals surface area contributed by atoms with E-state index in [2.05, 4.69) is 5.32 Å². The molecule has 0 spiro atoms. The summed E-state index contributed by atoms with van der Waals surface area (Å²) in [6.07, 6.45) is 3.09. The van der Waals surface area contributed by atoms with Gasteiger partial charge in [0.15, 0.2) is 5.76 Å². The second kappa shape index (κ2) is 8.68. The zero-order chi connectivity index (χ0) is 18.3. The molecule has 0 unspecified atom stereocenters. The maximum atomic E-state index is 12.2. The Morgan fingerprint density at radius 2 is 1.96 bits per heavy atom. The third-order valence-electron chi connectivity index (χ3n) is 3.59. The molecule has 7 nitrogen and oxygen atoms in total. The van der Waals surface area contributed by atoms with Gasteiger partial charge >= 0.3 is 0 Å². The van der Waals surface area contributed by atoms with Crippen LogP contribution in [0, 0.1) is 0 Å². The number of ether oxygens (including phenoxy) is 1. The maximum absolute atomic E-state index is 12.2. The predicted octanol–water partition coefficient (Wildman–Crippen LogP) is 1.87. The number of amides is 1. The summed E-state index contributed by atoms with van der Waals surface area (Å²) >= 11 is 0. The first-order valence-electron chi connectivity index (χ1n) is 7.81. The molecule has 2 aromatic rings. The van der Waals surface area contributed by atoms with E-state index in [-0.39, 0.29) is 18.3 Å². The zero-order valence-electron chi connectivity index (χ0n) is 14.3. The highest BCUT2D eigenvalue weighted by molar-refractivity contribution is 7.88. The quantitative estimate of drug-likeness (QED) is 0.685. The molecular formula is C17H22N2O5S. The van der Waals surface area contributed by atoms with Crippen LogP contribution in [-0.4, -0.2) is 45.0 Å². The number of hydrogen-bond acceptors (Lipinski definition) is 5. The van der Waals surface area contributed by atoms with Crippen molar-refractivity contribution < 1.29 is 22.4 Å². The molecule has 0 aliphatic carbocycles. The van der Waals surface area contributed by atoms with Crippen molar-refractivity contribution >= 4 is 15.9 Å². The lowest BCUT2D eigenvalue weighted by atomic mass is 10.2. The molecule has 1 N–H and O–H groups in total. The van der Waals surface area contributed by atoms with Crippen LogP contribution in [0.25, 0.3) is 0 Å². The van der Waals surface area contributed by atoms with Crippen LogP contribution in [0.3, 0.4) is 0 Å². The normalized spacial score (nSPS) is 11.5. The van der Waals surface area contributed by atoms with Crippen LogP contribution in [0.1, 0.15) is 22.5 Å². The van der Waals surface area contributed by atoms with Gasteiger partial charge in [-0.05, 0) is 24.6 Å². The Kier molecular flexibility index (Phi) is 6.60. The molecule has 0 saturated carbocycles. The van der Waals surface area contributed by atoms with Crippen LogP contribution in [-0.2, 0) is 16.6 Å². The van der Waals surface area contributed by atoms with Gasteiger partial charge in [-0.25, -0.2) is 12.7 Å². The van der Waals surface area contributed by atoms with Gasteiger partial charge in [-0.2, -0.15) is 0 Å². The molecule has 1 amide bonds. The number of nitrogens with one attached hydrogen (secondary N) is 1. The van der Waals surface area contributed by atoms with Gasteiger partial charge in [-0.15, -0.1) is 0 Å². The number of nitrogens with zero attached hydrogens (tertiary/aromatic N) is 1. The standard InChI is InChI=1S/C17H22N2O5S/c1-19(25(2,21)22)11-6-10-18-17(20)16-14(9-12-23-16)13-24-15-7-4-3-5-8-15/h3-5,7-9,12H,6,10-11,13H2,1-2H3,(H,18,20). The summed E-state index contributed by atoms with van der Waals surface area (Å²) in [6, 6.07) is 11.0. The van der Waals surface area contributed by atoms with Crippen molar-refractivity contribution in [1.29, 1.82) is 0 Å². The summed E-state index contributed by atoms with van der Waals surface area (Å²) in [5, 5.41) is 2.72. The van der Waals surface area contributed by atoms with Gasteiger partial charge in [-0.1, -0.05) is 18.2 Å². The molecule has 0 fully saturated rings. The lowest BCUT2D eigenvalue weighted by Gasteiger charge is -2.13. The van der Waals surface area contributed by atoms with Crippen LogP contribution in [0.4, 0.5) is 0 Å². The maximum Gasteiger partial charge on any atom is 0.287 e. The van der Waals surface area contributed by atoms with Crippen molar-refractivity contribution in [2.24, 2.45) is 0 Å². The van der Waals surface area contributed by atoms with Crippen LogP contribution in [0.5, 0.6) is 5.75 Å². The molecule has 0 aliphatic rings. The Balaban J connectivity index is 1.81. The molecule has 8 heteroatoms. The van der Waals surface area contributed by atoms with Gasteiger partial charge in [-0.3, -0.25) is 4.79 Å². The molecule has 1 heterocycles. The first kappa shape index (κ1) is 19.0. The van der Waals surface area contributed by atoms with Gasteiger partial charge in [0.25, 0.3) is 5.91 Å². The molecule has 25 heavy (non-hydrogen) atoms. The van der Waals surface area contributed by atoms with Crippen molar-refractivity contribution in [3.8, 4) is 5.75 Å². The average Bonchev–Trinajstić information content (AvgIpc) is 3.05. The first-order valence-corrected chi connectivity index (χ1v) is 9.66. The van der Waals surface area contributed by atoms with E-state index in [9.17, 15) is 13.2 Å². The number of benzene rings is 1. The smallest absolute Gasteiger partial charge is 0.287 e. The molecule has 0 bridgehead atoms. The van der Waals surface area contributed by atoms with E-state index in [0.717, 1.165) is 6.26 Å². The van der Waals surface area contributed by atoms with E-state index in [1.165, 1.54) is 17.6 Å².